The molecule has 1 rings (SSSR count). The van der Waals surface area contributed by atoms with E-state index in [-0.39, 0.29) is 5.60 Å². The Morgan fingerprint density at radius 1 is 1.15 bits per heavy atom. The van der Waals surface area contributed by atoms with Crippen LogP contribution in [-0.4, -0.2) is 25.4 Å². The van der Waals surface area contributed by atoms with E-state index < -0.39 is 0 Å². The highest BCUT2D eigenvalue weighted by Gasteiger charge is 2.12. The van der Waals surface area contributed by atoms with Gasteiger partial charge in [-0.05, 0) is 39.4 Å². The summed E-state index contributed by atoms with van der Waals surface area (Å²) in [5.74, 6) is 0.675. The lowest BCUT2D eigenvalue weighted by atomic mass is 10.2. The first-order valence-corrected chi connectivity index (χ1v) is 7.54. The molecule has 0 unspecified atom stereocenters. The van der Waals surface area contributed by atoms with Crippen LogP contribution >= 0.6 is 23.2 Å². The minimum Gasteiger partial charge on any atom is -0.489 e. The summed E-state index contributed by atoms with van der Waals surface area (Å²) in [5.41, 5.74) is 0.792. The van der Waals surface area contributed by atoms with Crippen molar-refractivity contribution in [2.75, 3.05) is 19.8 Å². The molecule has 1 aromatic rings. The SMILES string of the molecule is CCNCc1cc(Cl)cc(Cl)c1OCCOC(C)(C)C. The molecule has 0 aromatic heterocycles. The lowest BCUT2D eigenvalue weighted by molar-refractivity contribution is -0.0163. The molecule has 0 aliphatic carbocycles. The van der Waals surface area contributed by atoms with Crippen LogP contribution in [0.15, 0.2) is 12.1 Å². The molecule has 0 bridgehead atoms. The second-order valence-corrected chi connectivity index (χ2v) is 6.31. The van der Waals surface area contributed by atoms with Crippen molar-refractivity contribution in [3.8, 4) is 5.75 Å². The minimum atomic E-state index is -0.167. The summed E-state index contributed by atoms with van der Waals surface area (Å²) < 4.78 is 11.4. The smallest absolute Gasteiger partial charge is 0.142 e. The number of benzene rings is 1. The van der Waals surface area contributed by atoms with Gasteiger partial charge in [-0.1, -0.05) is 30.1 Å². The average molecular weight is 320 g/mol. The van der Waals surface area contributed by atoms with Gasteiger partial charge in [-0.3, -0.25) is 0 Å². The fourth-order valence-electron chi connectivity index (χ4n) is 1.66. The van der Waals surface area contributed by atoms with Crippen molar-refractivity contribution >= 4 is 23.2 Å². The second kappa shape index (κ2) is 8.08. The first-order chi connectivity index (χ1) is 9.33. The summed E-state index contributed by atoms with van der Waals surface area (Å²) in [5, 5.41) is 4.39. The molecule has 0 atom stereocenters. The zero-order valence-electron chi connectivity index (χ0n) is 12.6. The molecule has 0 amide bonds. The number of ether oxygens (including phenoxy) is 2. The predicted molar refractivity (Wildman–Crippen MR) is 85.0 cm³/mol. The molecule has 0 radical (unpaired) electrons. The van der Waals surface area contributed by atoms with Crippen molar-refractivity contribution in [2.24, 2.45) is 0 Å². The third-order valence-electron chi connectivity index (χ3n) is 2.52. The number of rotatable bonds is 7. The predicted octanol–water partition coefficient (Wildman–Crippen LogP) is 4.30. The van der Waals surface area contributed by atoms with E-state index in [1.807, 2.05) is 33.8 Å². The van der Waals surface area contributed by atoms with Gasteiger partial charge in [0.25, 0.3) is 0 Å². The maximum absolute atomic E-state index is 6.20. The van der Waals surface area contributed by atoms with Gasteiger partial charge < -0.3 is 14.8 Å². The van der Waals surface area contributed by atoms with Gasteiger partial charge in [-0.2, -0.15) is 0 Å². The molecule has 0 spiro atoms. The van der Waals surface area contributed by atoms with Crippen LogP contribution in [0.3, 0.4) is 0 Å². The summed E-state index contributed by atoms with van der Waals surface area (Å²) in [6.07, 6.45) is 0. The quantitative estimate of drug-likeness (QED) is 0.760. The summed E-state index contributed by atoms with van der Waals surface area (Å²) in [6.45, 7) is 10.6. The van der Waals surface area contributed by atoms with Gasteiger partial charge >= 0.3 is 0 Å². The van der Waals surface area contributed by atoms with E-state index in [2.05, 4.69) is 5.32 Å². The van der Waals surface area contributed by atoms with Crippen molar-refractivity contribution in [1.29, 1.82) is 0 Å². The van der Waals surface area contributed by atoms with E-state index in [0.717, 1.165) is 12.1 Å². The Hall–Kier alpha value is -0.480. The highest BCUT2D eigenvalue weighted by Crippen LogP contribution is 2.32. The van der Waals surface area contributed by atoms with Gasteiger partial charge in [-0.25, -0.2) is 0 Å². The van der Waals surface area contributed by atoms with Gasteiger partial charge in [0.1, 0.15) is 12.4 Å². The molecule has 0 fully saturated rings. The maximum atomic E-state index is 6.20. The molecule has 0 saturated carbocycles. The number of halogens is 2. The Morgan fingerprint density at radius 3 is 2.45 bits per heavy atom. The largest absolute Gasteiger partial charge is 0.489 e. The number of hydrogen-bond donors (Lipinski definition) is 1. The Kier molecular flexibility index (Phi) is 7.10. The molecular weight excluding hydrogens is 297 g/mol. The highest BCUT2D eigenvalue weighted by atomic mass is 35.5. The molecule has 1 aromatic carbocycles. The van der Waals surface area contributed by atoms with Crippen molar-refractivity contribution in [3.63, 3.8) is 0 Å². The Bertz CT molecular complexity index is 431. The van der Waals surface area contributed by atoms with Crippen LogP contribution in [0.4, 0.5) is 0 Å². The van der Waals surface area contributed by atoms with E-state index in [1.165, 1.54) is 0 Å². The van der Waals surface area contributed by atoms with Crippen LogP contribution in [-0.2, 0) is 11.3 Å². The molecule has 20 heavy (non-hydrogen) atoms. The van der Waals surface area contributed by atoms with Gasteiger partial charge in [0, 0.05) is 17.1 Å². The van der Waals surface area contributed by atoms with Crippen molar-refractivity contribution in [1.82, 2.24) is 5.32 Å². The molecule has 0 saturated heterocycles. The normalized spacial score (nSPS) is 11.7. The third-order valence-corrected chi connectivity index (χ3v) is 3.01. The molecule has 5 heteroatoms. The first-order valence-electron chi connectivity index (χ1n) is 6.79. The second-order valence-electron chi connectivity index (χ2n) is 5.47. The minimum absolute atomic E-state index is 0.167. The Labute approximate surface area is 131 Å². The van der Waals surface area contributed by atoms with Gasteiger partial charge in [0.2, 0.25) is 0 Å². The molecule has 114 valence electrons. The fraction of sp³-hybridized carbons (Fsp3) is 0.600. The van der Waals surface area contributed by atoms with Crippen LogP contribution in [0.5, 0.6) is 5.75 Å². The van der Waals surface area contributed by atoms with Crippen LogP contribution in [0.25, 0.3) is 0 Å². The van der Waals surface area contributed by atoms with Crippen LogP contribution < -0.4 is 10.1 Å². The molecular formula is C15H23Cl2NO2. The molecule has 1 N–H and O–H groups in total. The summed E-state index contributed by atoms with van der Waals surface area (Å²) >= 11 is 12.2. The standard InChI is InChI=1S/C15H23Cl2NO2/c1-5-18-10-11-8-12(16)9-13(17)14(11)19-6-7-20-15(2,3)4/h8-9,18H,5-7,10H2,1-4H3. The van der Waals surface area contributed by atoms with Crippen LogP contribution in [0.2, 0.25) is 10.0 Å². The topological polar surface area (TPSA) is 30.5 Å². The highest BCUT2D eigenvalue weighted by molar-refractivity contribution is 6.35. The average Bonchev–Trinajstić information content (AvgIpc) is 2.32. The summed E-state index contributed by atoms with van der Waals surface area (Å²) in [7, 11) is 0. The van der Waals surface area contributed by atoms with Gasteiger partial charge in [0.05, 0.1) is 17.2 Å². The summed E-state index contributed by atoms with van der Waals surface area (Å²) in [4.78, 5) is 0. The zero-order valence-corrected chi connectivity index (χ0v) is 14.1. The molecule has 0 aliphatic heterocycles. The number of nitrogens with one attached hydrogen (secondary N) is 1. The fourth-order valence-corrected chi connectivity index (χ4v) is 2.25. The van der Waals surface area contributed by atoms with Crippen molar-refractivity contribution in [2.45, 2.75) is 39.8 Å². The molecule has 0 heterocycles. The Morgan fingerprint density at radius 2 is 1.85 bits per heavy atom. The monoisotopic (exact) mass is 319 g/mol. The van der Waals surface area contributed by atoms with E-state index in [9.17, 15) is 0 Å². The van der Waals surface area contributed by atoms with Crippen LogP contribution in [0, 0.1) is 0 Å². The van der Waals surface area contributed by atoms with E-state index in [4.69, 9.17) is 32.7 Å². The van der Waals surface area contributed by atoms with Gasteiger partial charge in [0.15, 0.2) is 0 Å². The van der Waals surface area contributed by atoms with Crippen molar-refractivity contribution in [3.05, 3.63) is 27.7 Å². The maximum Gasteiger partial charge on any atom is 0.142 e. The van der Waals surface area contributed by atoms with E-state index in [0.29, 0.717) is 35.6 Å². The van der Waals surface area contributed by atoms with Crippen LogP contribution in [0.1, 0.15) is 33.3 Å². The summed E-state index contributed by atoms with van der Waals surface area (Å²) in [6, 6.07) is 3.56. The first kappa shape index (κ1) is 17.6. The molecule has 3 nitrogen and oxygen atoms in total. The Balaban J connectivity index is 2.67. The van der Waals surface area contributed by atoms with E-state index in [1.54, 1.807) is 6.07 Å². The third kappa shape index (κ3) is 6.31. The van der Waals surface area contributed by atoms with Gasteiger partial charge in [-0.15, -0.1) is 0 Å². The number of hydrogen-bond acceptors (Lipinski definition) is 3. The zero-order chi connectivity index (χ0) is 15.2. The van der Waals surface area contributed by atoms with E-state index >= 15 is 0 Å². The lowest BCUT2D eigenvalue weighted by Gasteiger charge is -2.20. The molecule has 0 aliphatic rings. The van der Waals surface area contributed by atoms with Crippen molar-refractivity contribution < 1.29 is 9.47 Å². The lowest BCUT2D eigenvalue weighted by Crippen LogP contribution is -2.23.